The number of piperidine rings is 1. The number of rotatable bonds is 7. The number of pyridine rings is 1. The first-order chi connectivity index (χ1) is 18.0. The molecule has 1 aromatic carbocycles. The number of carbonyl (C=O) groups excluding carboxylic acids is 2. The van der Waals surface area contributed by atoms with Gasteiger partial charge in [0, 0.05) is 74.5 Å². The van der Waals surface area contributed by atoms with Crippen LogP contribution in [0, 0.1) is 0 Å². The topological polar surface area (TPSA) is 93.2 Å². The highest BCUT2D eigenvalue weighted by Crippen LogP contribution is 2.33. The molecular formula is C27H31ClN4O5. The Bertz CT molecular complexity index is 1160. The average Bonchev–Trinajstić information content (AvgIpc) is 3.62. The van der Waals surface area contributed by atoms with Crippen LogP contribution in [0.5, 0.6) is 5.75 Å². The number of fused-ring (bicyclic) bond motifs is 2. The molecule has 196 valence electrons. The second kappa shape index (κ2) is 10.5. The molecule has 0 radical (unpaired) electrons. The van der Waals surface area contributed by atoms with E-state index in [9.17, 15) is 9.59 Å². The van der Waals surface area contributed by atoms with Crippen molar-refractivity contribution < 1.29 is 23.8 Å². The minimum absolute atomic E-state index is 0.0358. The zero-order chi connectivity index (χ0) is 25.4. The predicted octanol–water partition coefficient (Wildman–Crippen LogP) is 3.39. The first kappa shape index (κ1) is 24.5. The molecule has 9 nitrogen and oxygen atoms in total. The van der Waals surface area contributed by atoms with Gasteiger partial charge in [-0.25, -0.2) is 4.79 Å². The standard InChI is InChI=1S/C27H31ClN4O5/c28-19-3-1-17(2-4-19)13-30-26(33)22-12-25(37-21-5-9-32-20(11-21)16-36-27(32)34)18(14-29-22)15-31-8-6-24-23(31)7-10-35-24/h1-4,12,14,20-21,23-24H,5-11,13,15-16H2,(H,30,33)/t20-,21-,23?,24?/m0/s1. The monoisotopic (exact) mass is 526 g/mol. The minimum atomic E-state index is -0.263. The fraction of sp³-hybridized carbons (Fsp3) is 0.519. The van der Waals surface area contributed by atoms with Gasteiger partial charge in [0.2, 0.25) is 0 Å². The van der Waals surface area contributed by atoms with Crippen molar-refractivity contribution in [3.63, 3.8) is 0 Å². The number of likely N-dealkylation sites (tertiary alicyclic amines) is 1. The molecule has 0 spiro atoms. The van der Waals surface area contributed by atoms with Crippen molar-refractivity contribution in [3.8, 4) is 5.75 Å². The van der Waals surface area contributed by atoms with Gasteiger partial charge in [-0.15, -0.1) is 0 Å². The second-order valence-corrected chi connectivity index (χ2v) is 10.6. The number of nitrogens with one attached hydrogen (secondary N) is 1. The van der Waals surface area contributed by atoms with Gasteiger partial charge in [0.05, 0.1) is 12.1 Å². The minimum Gasteiger partial charge on any atom is -0.490 e. The van der Waals surface area contributed by atoms with Crippen LogP contribution in [0.2, 0.25) is 5.02 Å². The van der Waals surface area contributed by atoms with Gasteiger partial charge in [-0.05, 0) is 30.5 Å². The predicted molar refractivity (Wildman–Crippen MR) is 136 cm³/mol. The fourth-order valence-corrected chi connectivity index (χ4v) is 5.97. The van der Waals surface area contributed by atoms with E-state index < -0.39 is 0 Å². The number of nitrogens with zero attached hydrogens (tertiary/aromatic N) is 3. The van der Waals surface area contributed by atoms with Crippen molar-refractivity contribution in [1.29, 1.82) is 0 Å². The Morgan fingerprint density at radius 3 is 2.92 bits per heavy atom. The normalized spacial score (nSPS) is 27.1. The van der Waals surface area contributed by atoms with Crippen LogP contribution in [0.1, 0.15) is 47.3 Å². The quantitative estimate of drug-likeness (QED) is 0.591. The van der Waals surface area contributed by atoms with Gasteiger partial charge in [0.25, 0.3) is 5.91 Å². The number of aromatic nitrogens is 1. The Kier molecular flexibility index (Phi) is 6.92. The third-order valence-corrected chi connectivity index (χ3v) is 8.11. The average molecular weight is 527 g/mol. The lowest BCUT2D eigenvalue weighted by Gasteiger charge is -2.33. The number of amides is 2. The zero-order valence-electron chi connectivity index (χ0n) is 20.6. The lowest BCUT2D eigenvalue weighted by Crippen LogP contribution is -2.44. The third-order valence-electron chi connectivity index (χ3n) is 7.86. The van der Waals surface area contributed by atoms with Crippen LogP contribution in [-0.2, 0) is 22.6 Å². The summed E-state index contributed by atoms with van der Waals surface area (Å²) in [5.41, 5.74) is 2.23. The van der Waals surface area contributed by atoms with Crippen molar-refractivity contribution in [1.82, 2.24) is 20.1 Å². The lowest BCUT2D eigenvalue weighted by atomic mass is 10.0. The number of hydrogen-bond acceptors (Lipinski definition) is 7. The molecule has 37 heavy (non-hydrogen) atoms. The number of ether oxygens (including phenoxy) is 3. The molecule has 0 saturated carbocycles. The van der Waals surface area contributed by atoms with E-state index in [0.29, 0.717) is 67.7 Å². The van der Waals surface area contributed by atoms with E-state index in [4.69, 9.17) is 25.8 Å². The number of halogens is 1. The number of cyclic esters (lactones) is 1. The maximum atomic E-state index is 13.0. The molecule has 5 heterocycles. The maximum absolute atomic E-state index is 13.0. The molecule has 2 unspecified atom stereocenters. The molecule has 4 atom stereocenters. The summed E-state index contributed by atoms with van der Waals surface area (Å²) in [7, 11) is 0. The Hall–Kier alpha value is -2.88. The summed E-state index contributed by atoms with van der Waals surface area (Å²) in [6.07, 6.45) is 5.26. The molecule has 1 aromatic heterocycles. The highest BCUT2D eigenvalue weighted by molar-refractivity contribution is 6.30. The summed E-state index contributed by atoms with van der Waals surface area (Å²) in [6, 6.07) is 9.58. The van der Waals surface area contributed by atoms with E-state index in [1.165, 1.54) is 0 Å². The van der Waals surface area contributed by atoms with E-state index in [1.54, 1.807) is 29.3 Å². The SMILES string of the molecule is O=C(NCc1ccc(Cl)cc1)c1cc(O[C@H]2CCN3C(=O)OC[C@@H]3C2)c(CN2CCC3OCCC32)cn1. The van der Waals surface area contributed by atoms with E-state index in [2.05, 4.69) is 15.2 Å². The van der Waals surface area contributed by atoms with Crippen LogP contribution in [0.15, 0.2) is 36.5 Å². The number of carbonyl (C=O) groups is 2. The van der Waals surface area contributed by atoms with Crippen LogP contribution in [-0.4, -0.2) is 77.4 Å². The summed E-state index contributed by atoms with van der Waals surface area (Å²) in [5.74, 6) is 0.416. The fourth-order valence-electron chi connectivity index (χ4n) is 5.85. The molecule has 4 saturated heterocycles. The number of hydrogen-bond donors (Lipinski definition) is 1. The third kappa shape index (κ3) is 5.26. The molecule has 4 fully saturated rings. The van der Waals surface area contributed by atoms with E-state index in [0.717, 1.165) is 37.1 Å². The van der Waals surface area contributed by atoms with Crippen LogP contribution in [0.25, 0.3) is 0 Å². The van der Waals surface area contributed by atoms with Crippen molar-refractivity contribution in [2.45, 2.75) is 63.1 Å². The Labute approximate surface area is 221 Å². The van der Waals surface area contributed by atoms with Gasteiger partial charge in [-0.3, -0.25) is 14.7 Å². The summed E-state index contributed by atoms with van der Waals surface area (Å²) < 4.78 is 17.6. The van der Waals surface area contributed by atoms with E-state index in [1.807, 2.05) is 12.1 Å². The molecule has 0 aliphatic carbocycles. The number of benzene rings is 1. The molecular weight excluding hydrogens is 496 g/mol. The summed E-state index contributed by atoms with van der Waals surface area (Å²) in [5, 5.41) is 3.59. The van der Waals surface area contributed by atoms with Crippen LogP contribution >= 0.6 is 11.6 Å². The Morgan fingerprint density at radius 1 is 1.19 bits per heavy atom. The van der Waals surface area contributed by atoms with Crippen LogP contribution in [0.3, 0.4) is 0 Å². The van der Waals surface area contributed by atoms with E-state index in [-0.39, 0.29) is 24.1 Å². The Balaban J connectivity index is 1.18. The van der Waals surface area contributed by atoms with Crippen molar-refractivity contribution in [2.24, 2.45) is 0 Å². The first-order valence-electron chi connectivity index (χ1n) is 13.0. The highest BCUT2D eigenvalue weighted by Gasteiger charge is 2.40. The van der Waals surface area contributed by atoms with Gasteiger partial charge in [0.1, 0.15) is 24.2 Å². The molecule has 4 aliphatic rings. The van der Waals surface area contributed by atoms with E-state index >= 15 is 0 Å². The van der Waals surface area contributed by atoms with Gasteiger partial charge in [-0.1, -0.05) is 23.7 Å². The molecule has 10 heteroatoms. The van der Waals surface area contributed by atoms with Gasteiger partial charge in [0.15, 0.2) is 0 Å². The summed E-state index contributed by atoms with van der Waals surface area (Å²) in [4.78, 5) is 33.6. The molecule has 2 aromatic rings. The van der Waals surface area contributed by atoms with Crippen molar-refractivity contribution in [2.75, 3.05) is 26.3 Å². The molecule has 4 aliphatic heterocycles. The molecule has 2 amide bonds. The smallest absolute Gasteiger partial charge is 0.410 e. The Morgan fingerprint density at radius 2 is 2.05 bits per heavy atom. The summed E-state index contributed by atoms with van der Waals surface area (Å²) >= 11 is 5.96. The van der Waals surface area contributed by atoms with Crippen LogP contribution < -0.4 is 10.1 Å². The van der Waals surface area contributed by atoms with Crippen molar-refractivity contribution in [3.05, 3.63) is 58.4 Å². The molecule has 0 bridgehead atoms. The van der Waals surface area contributed by atoms with Gasteiger partial charge in [-0.2, -0.15) is 0 Å². The largest absolute Gasteiger partial charge is 0.490 e. The first-order valence-corrected chi connectivity index (χ1v) is 13.4. The van der Waals surface area contributed by atoms with Crippen LogP contribution in [0.4, 0.5) is 4.79 Å². The maximum Gasteiger partial charge on any atom is 0.410 e. The van der Waals surface area contributed by atoms with Gasteiger partial charge >= 0.3 is 6.09 Å². The highest BCUT2D eigenvalue weighted by atomic mass is 35.5. The lowest BCUT2D eigenvalue weighted by molar-refractivity contribution is 0.0894. The van der Waals surface area contributed by atoms with Crippen molar-refractivity contribution >= 4 is 23.6 Å². The second-order valence-electron chi connectivity index (χ2n) is 10.2. The summed E-state index contributed by atoms with van der Waals surface area (Å²) in [6.45, 7) is 3.86. The molecule has 1 N–H and O–H groups in total. The van der Waals surface area contributed by atoms with Gasteiger partial charge < -0.3 is 24.4 Å². The zero-order valence-corrected chi connectivity index (χ0v) is 21.4. The molecule has 6 rings (SSSR count).